The molecular weight excluding hydrogens is 160 g/mol. The number of hydrogen-bond donors (Lipinski definition) is 0. The first-order valence-electron chi connectivity index (χ1n) is 3.62. The summed E-state index contributed by atoms with van der Waals surface area (Å²) in [6.07, 6.45) is 2.28. The second kappa shape index (κ2) is 13.1. The molecule has 0 saturated carbocycles. The van der Waals surface area contributed by atoms with E-state index in [0.29, 0.717) is 0 Å². The van der Waals surface area contributed by atoms with Gasteiger partial charge in [-0.3, -0.25) is 0 Å². The number of rotatable bonds is 1. The molecule has 1 aromatic carbocycles. The minimum atomic E-state index is 0. The Morgan fingerprint density at radius 2 is 1.64 bits per heavy atom. The molecule has 0 nitrogen and oxygen atoms in total. The molecule has 0 bridgehead atoms. The van der Waals surface area contributed by atoms with Gasteiger partial charge >= 0.3 is 37.7 Å². The molecule has 0 aliphatic heterocycles. The van der Waals surface area contributed by atoms with Gasteiger partial charge in [0.2, 0.25) is 0 Å². The Kier molecular flexibility index (Phi) is 16.7. The molecule has 1 aromatic rings. The van der Waals surface area contributed by atoms with Gasteiger partial charge in [-0.25, -0.2) is 0 Å². The maximum absolute atomic E-state index is 3.60. The van der Waals surface area contributed by atoms with Crippen molar-refractivity contribution in [3.8, 4) is 0 Å². The van der Waals surface area contributed by atoms with Gasteiger partial charge in [-0.15, -0.1) is 0 Å². The minimum Gasteiger partial charge on any atom is -0.343 e. The molecular formula is C10H14Ca. The maximum Gasteiger partial charge on any atom is 2.00 e. The zero-order valence-corrected chi connectivity index (χ0v) is 9.42. The molecule has 0 spiro atoms. The summed E-state index contributed by atoms with van der Waals surface area (Å²) in [6, 6.07) is 12.5. The average Bonchev–Trinajstić information content (AvgIpc) is 2.08. The molecule has 1 heteroatoms. The quantitative estimate of drug-likeness (QED) is 0.453. The summed E-state index contributed by atoms with van der Waals surface area (Å²) < 4.78 is 0. The van der Waals surface area contributed by atoms with Crippen molar-refractivity contribution in [2.24, 2.45) is 0 Å². The first-order chi connectivity index (χ1) is 4.91. The van der Waals surface area contributed by atoms with Crippen molar-refractivity contribution in [1.29, 1.82) is 0 Å². The Labute approximate surface area is 100 Å². The molecule has 0 aliphatic rings. The van der Waals surface area contributed by atoms with Gasteiger partial charge in [0.15, 0.2) is 0 Å². The van der Waals surface area contributed by atoms with Crippen LogP contribution in [0.3, 0.4) is 0 Å². The van der Waals surface area contributed by atoms with Crippen molar-refractivity contribution in [2.45, 2.75) is 19.8 Å². The Morgan fingerprint density at radius 1 is 1.18 bits per heavy atom. The second-order valence-electron chi connectivity index (χ2n) is 1.93. The van der Waals surface area contributed by atoms with Gasteiger partial charge in [-0.2, -0.15) is 42.8 Å². The fourth-order valence-electron chi connectivity index (χ4n) is 0.342. The Balaban J connectivity index is 0. The van der Waals surface area contributed by atoms with E-state index in [1.54, 1.807) is 0 Å². The van der Waals surface area contributed by atoms with Crippen molar-refractivity contribution in [1.82, 2.24) is 0 Å². The number of unbranched alkanes of at least 4 members (excludes halogenated alkanes) is 1. The van der Waals surface area contributed by atoms with Crippen LogP contribution in [0.15, 0.2) is 30.3 Å². The van der Waals surface area contributed by atoms with Gasteiger partial charge in [-0.05, 0) is 0 Å². The molecule has 56 valence electrons. The van der Waals surface area contributed by atoms with Crippen LogP contribution in [0.25, 0.3) is 0 Å². The van der Waals surface area contributed by atoms with Crippen LogP contribution in [-0.2, 0) is 0 Å². The smallest absolute Gasteiger partial charge is 0.343 e. The van der Waals surface area contributed by atoms with E-state index in [0.717, 1.165) is 6.42 Å². The van der Waals surface area contributed by atoms with E-state index in [2.05, 4.69) is 19.9 Å². The van der Waals surface area contributed by atoms with Gasteiger partial charge in [0, 0.05) is 0 Å². The van der Waals surface area contributed by atoms with E-state index < -0.39 is 0 Å². The van der Waals surface area contributed by atoms with Gasteiger partial charge in [-0.1, -0.05) is 13.3 Å². The zero-order valence-electron chi connectivity index (χ0n) is 7.22. The van der Waals surface area contributed by atoms with Crippen molar-refractivity contribution in [3.05, 3.63) is 43.3 Å². The summed E-state index contributed by atoms with van der Waals surface area (Å²) >= 11 is 0. The van der Waals surface area contributed by atoms with Crippen LogP contribution in [0.2, 0.25) is 0 Å². The van der Waals surface area contributed by atoms with E-state index in [4.69, 9.17) is 0 Å². The molecule has 0 amide bonds. The molecule has 0 heterocycles. The first kappa shape index (κ1) is 14.0. The van der Waals surface area contributed by atoms with Crippen LogP contribution in [0.4, 0.5) is 0 Å². The van der Waals surface area contributed by atoms with Gasteiger partial charge in [0.05, 0.1) is 0 Å². The number of benzene rings is 1. The predicted molar refractivity (Wildman–Crippen MR) is 51.3 cm³/mol. The number of hydrogen-bond acceptors (Lipinski definition) is 0. The van der Waals surface area contributed by atoms with Crippen molar-refractivity contribution < 1.29 is 0 Å². The molecule has 0 radical (unpaired) electrons. The van der Waals surface area contributed by atoms with Crippen LogP contribution in [0.5, 0.6) is 0 Å². The zero-order chi connectivity index (χ0) is 7.66. The summed E-state index contributed by atoms with van der Waals surface area (Å²) in [5.41, 5.74) is 0. The van der Waals surface area contributed by atoms with Crippen molar-refractivity contribution in [3.63, 3.8) is 0 Å². The van der Waals surface area contributed by atoms with E-state index >= 15 is 0 Å². The fourth-order valence-corrected chi connectivity index (χ4v) is 0.342. The van der Waals surface area contributed by atoms with Crippen molar-refractivity contribution in [2.75, 3.05) is 0 Å². The largest absolute Gasteiger partial charge is 2.00 e. The van der Waals surface area contributed by atoms with E-state index in [1.165, 1.54) is 6.42 Å². The van der Waals surface area contributed by atoms with E-state index in [9.17, 15) is 0 Å². The third kappa shape index (κ3) is 13.5. The van der Waals surface area contributed by atoms with E-state index in [1.807, 2.05) is 30.3 Å². The minimum absolute atomic E-state index is 0. The normalized spacial score (nSPS) is 7.09. The average molecular weight is 174 g/mol. The third-order valence-electron chi connectivity index (χ3n) is 0.961. The maximum atomic E-state index is 3.60. The van der Waals surface area contributed by atoms with Crippen LogP contribution >= 0.6 is 0 Å². The molecule has 0 N–H and O–H groups in total. The van der Waals surface area contributed by atoms with Gasteiger partial charge in [0.25, 0.3) is 0 Å². The molecule has 0 unspecified atom stereocenters. The first-order valence-corrected chi connectivity index (χ1v) is 3.62. The van der Waals surface area contributed by atoms with Crippen molar-refractivity contribution >= 4 is 37.7 Å². The van der Waals surface area contributed by atoms with Crippen LogP contribution in [0, 0.1) is 13.0 Å². The van der Waals surface area contributed by atoms with Crippen LogP contribution < -0.4 is 0 Å². The summed E-state index contributed by atoms with van der Waals surface area (Å²) in [7, 11) is 0. The summed E-state index contributed by atoms with van der Waals surface area (Å²) in [5, 5.41) is 0. The topological polar surface area (TPSA) is 0 Å². The Bertz CT molecular complexity index is 96.8. The fraction of sp³-hybridized carbons (Fsp3) is 0.300. The summed E-state index contributed by atoms with van der Waals surface area (Å²) in [6.45, 7) is 5.72. The molecule has 0 atom stereocenters. The molecule has 0 saturated heterocycles. The summed E-state index contributed by atoms with van der Waals surface area (Å²) in [4.78, 5) is 0. The summed E-state index contributed by atoms with van der Waals surface area (Å²) in [5.74, 6) is 0. The Hall–Kier alpha value is 0.480. The van der Waals surface area contributed by atoms with Gasteiger partial charge in [0.1, 0.15) is 0 Å². The second-order valence-corrected chi connectivity index (χ2v) is 1.93. The molecule has 1 rings (SSSR count). The molecule has 0 aromatic heterocycles. The SMILES string of the molecule is [CH2-]CCC.[Ca+2].[c-]1ccccc1. The monoisotopic (exact) mass is 174 g/mol. The van der Waals surface area contributed by atoms with Gasteiger partial charge < -0.3 is 6.92 Å². The standard InChI is InChI=1S/C6H5.C4H9.Ca/c1-2-4-6-5-3-1;1-3-4-2;/h1-5H;1,3-4H2,2H3;/q2*-1;+2. The van der Waals surface area contributed by atoms with Crippen LogP contribution in [-0.4, -0.2) is 37.7 Å². The molecule has 11 heavy (non-hydrogen) atoms. The molecule has 0 fully saturated rings. The molecule has 0 aliphatic carbocycles. The Morgan fingerprint density at radius 3 is 1.73 bits per heavy atom. The van der Waals surface area contributed by atoms with E-state index in [-0.39, 0.29) is 37.7 Å². The van der Waals surface area contributed by atoms with Crippen LogP contribution in [0.1, 0.15) is 19.8 Å². The third-order valence-corrected chi connectivity index (χ3v) is 0.961. The predicted octanol–water partition coefficient (Wildman–Crippen LogP) is 2.73.